The minimum atomic E-state index is 0.623. The maximum absolute atomic E-state index is 4.06. The van der Waals surface area contributed by atoms with E-state index in [1.807, 2.05) is 0 Å². The van der Waals surface area contributed by atoms with Crippen molar-refractivity contribution in [2.24, 2.45) is 52.3 Å². The molecule has 0 spiro atoms. The maximum atomic E-state index is 4.06. The summed E-state index contributed by atoms with van der Waals surface area (Å²) >= 11 is 0. The Morgan fingerprint density at radius 1 is 0.646 bits per heavy atom. The Kier molecular flexibility index (Phi) is 15.2. The molecule has 0 saturated heterocycles. The van der Waals surface area contributed by atoms with Crippen LogP contribution in [0.1, 0.15) is 162 Å². The molecule has 274 valence electrons. The third kappa shape index (κ3) is 10.1. The Morgan fingerprint density at radius 2 is 1.33 bits per heavy atom. The van der Waals surface area contributed by atoms with Crippen LogP contribution in [0.4, 0.5) is 0 Å². The van der Waals surface area contributed by atoms with Gasteiger partial charge in [-0.1, -0.05) is 110 Å². The quantitative estimate of drug-likeness (QED) is 0.115. The summed E-state index contributed by atoms with van der Waals surface area (Å²) in [5, 5.41) is 11.3. The number of rotatable bonds is 21. The zero-order valence-corrected chi connectivity index (χ0v) is 32.5. The molecule has 1 aromatic rings. The van der Waals surface area contributed by atoms with E-state index in [2.05, 4.69) is 80.9 Å². The topological polar surface area (TPSA) is 36.1 Å². The lowest BCUT2D eigenvalue weighted by molar-refractivity contribution is -0.118. The Balaban J connectivity index is 0.898. The third-order valence-electron chi connectivity index (χ3n) is 15.0. The molecule has 0 aromatic heterocycles. The van der Waals surface area contributed by atoms with Crippen molar-refractivity contribution in [3.05, 3.63) is 35.9 Å². The highest BCUT2D eigenvalue weighted by molar-refractivity contribution is 5.14. The van der Waals surface area contributed by atoms with Gasteiger partial charge in [0, 0.05) is 12.6 Å². The summed E-state index contributed by atoms with van der Waals surface area (Å²) in [6, 6.07) is 11.5. The predicted octanol–water partition coefficient (Wildman–Crippen LogP) is 11.2. The van der Waals surface area contributed by atoms with Crippen LogP contribution in [0.15, 0.2) is 30.3 Å². The van der Waals surface area contributed by atoms with E-state index in [1.54, 1.807) is 19.3 Å². The Bertz CT molecular complexity index is 1020. The largest absolute Gasteiger partial charge is 0.317 e. The monoisotopic (exact) mass is 662 g/mol. The highest BCUT2D eigenvalue weighted by Gasteiger charge is 2.60. The Hall–Kier alpha value is -0.900. The Labute approximate surface area is 298 Å². The van der Waals surface area contributed by atoms with Crippen molar-refractivity contribution in [2.45, 2.75) is 169 Å². The van der Waals surface area contributed by atoms with E-state index in [0.717, 1.165) is 67.1 Å². The van der Waals surface area contributed by atoms with Crippen LogP contribution >= 0.6 is 0 Å². The van der Waals surface area contributed by atoms with Gasteiger partial charge in [-0.05, 0) is 161 Å². The smallest absolute Gasteiger partial charge is 0.0205 e. The first kappa shape index (κ1) is 38.3. The van der Waals surface area contributed by atoms with Crippen LogP contribution in [0, 0.1) is 52.3 Å². The molecule has 3 unspecified atom stereocenters. The van der Waals surface area contributed by atoms with E-state index in [1.165, 1.54) is 121 Å². The first-order valence-corrected chi connectivity index (χ1v) is 21.5. The van der Waals surface area contributed by atoms with Crippen LogP contribution in [-0.4, -0.2) is 32.2 Å². The summed E-state index contributed by atoms with van der Waals surface area (Å²) in [5.41, 5.74) is 2.64. The molecule has 5 rings (SSSR count). The van der Waals surface area contributed by atoms with Gasteiger partial charge in [0.2, 0.25) is 0 Å². The number of hydrogen-bond acceptors (Lipinski definition) is 3. The van der Waals surface area contributed by atoms with Crippen LogP contribution in [-0.2, 0) is 6.54 Å². The Morgan fingerprint density at radius 3 is 2.12 bits per heavy atom. The van der Waals surface area contributed by atoms with Gasteiger partial charge in [-0.15, -0.1) is 0 Å². The van der Waals surface area contributed by atoms with Crippen molar-refractivity contribution in [1.82, 2.24) is 16.0 Å². The predicted molar refractivity (Wildman–Crippen MR) is 208 cm³/mol. The standard InChI is InChI=1S/C45H79N3/c1-35(2)17-15-18-36(3)41-23-24-42-40-22-21-38-33-39(25-27-44(38,4)43(40)26-28-45(41,42)5)48-32-14-9-7-6-8-13-29-46-30-16-31-47-34-37-19-11-10-12-20-37/h10-12,19-20,35-36,38-43,46-48H,6-9,13-18,21-34H2,1-5H3/t36-,38-,39+,40?,41-,42?,43?,44+,45-/m1/s1. The van der Waals surface area contributed by atoms with Crippen LogP contribution in [0.2, 0.25) is 0 Å². The average molecular weight is 662 g/mol. The normalized spacial score (nSPS) is 33.7. The van der Waals surface area contributed by atoms with E-state index in [-0.39, 0.29) is 0 Å². The van der Waals surface area contributed by atoms with Gasteiger partial charge in [0.1, 0.15) is 0 Å². The molecule has 4 fully saturated rings. The van der Waals surface area contributed by atoms with Gasteiger partial charge in [0.05, 0.1) is 0 Å². The highest BCUT2D eigenvalue weighted by Crippen LogP contribution is 2.68. The molecule has 0 bridgehead atoms. The van der Waals surface area contributed by atoms with Gasteiger partial charge in [-0.25, -0.2) is 0 Å². The molecule has 4 aliphatic carbocycles. The summed E-state index contributed by atoms with van der Waals surface area (Å²) in [4.78, 5) is 0. The number of unbranched alkanes of at least 4 members (excludes halogenated alkanes) is 5. The second-order valence-corrected chi connectivity index (χ2v) is 18.5. The zero-order valence-electron chi connectivity index (χ0n) is 32.5. The number of nitrogens with one attached hydrogen (secondary N) is 3. The summed E-state index contributed by atoms with van der Waals surface area (Å²) in [6.45, 7) is 18.6. The molecule has 9 atom stereocenters. The highest BCUT2D eigenvalue weighted by atomic mass is 14.9. The molecule has 4 saturated carbocycles. The number of fused-ring (bicyclic) bond motifs is 5. The van der Waals surface area contributed by atoms with Crippen molar-refractivity contribution < 1.29 is 0 Å². The van der Waals surface area contributed by atoms with Crippen molar-refractivity contribution in [2.75, 3.05) is 26.2 Å². The minimum absolute atomic E-state index is 0.623. The molecule has 1 aromatic carbocycles. The van der Waals surface area contributed by atoms with Gasteiger partial charge < -0.3 is 16.0 Å². The molecule has 0 aliphatic heterocycles. The summed E-state index contributed by atoms with van der Waals surface area (Å²) in [7, 11) is 0. The molecule has 3 nitrogen and oxygen atoms in total. The second kappa shape index (κ2) is 19.1. The van der Waals surface area contributed by atoms with Crippen molar-refractivity contribution in [1.29, 1.82) is 0 Å². The molecule has 0 heterocycles. The van der Waals surface area contributed by atoms with E-state index in [4.69, 9.17) is 0 Å². The fourth-order valence-corrected chi connectivity index (χ4v) is 12.1. The molecule has 3 heteroatoms. The molecule has 3 N–H and O–H groups in total. The summed E-state index contributed by atoms with van der Waals surface area (Å²) < 4.78 is 0. The molecule has 0 amide bonds. The van der Waals surface area contributed by atoms with Crippen molar-refractivity contribution in [3.63, 3.8) is 0 Å². The maximum Gasteiger partial charge on any atom is 0.0205 e. The zero-order chi connectivity index (χ0) is 33.8. The van der Waals surface area contributed by atoms with Crippen LogP contribution < -0.4 is 16.0 Å². The number of hydrogen-bond donors (Lipinski definition) is 3. The lowest BCUT2D eigenvalue weighted by atomic mass is 9.44. The second-order valence-electron chi connectivity index (χ2n) is 18.5. The van der Waals surface area contributed by atoms with Gasteiger partial charge in [-0.3, -0.25) is 0 Å². The van der Waals surface area contributed by atoms with Crippen molar-refractivity contribution in [3.8, 4) is 0 Å². The third-order valence-corrected chi connectivity index (χ3v) is 15.0. The lowest BCUT2D eigenvalue weighted by Gasteiger charge is -2.61. The summed E-state index contributed by atoms with van der Waals surface area (Å²) in [5.74, 6) is 6.83. The van der Waals surface area contributed by atoms with E-state index >= 15 is 0 Å². The first-order chi connectivity index (χ1) is 23.3. The summed E-state index contributed by atoms with van der Waals surface area (Å²) in [6.07, 6.45) is 27.5. The van der Waals surface area contributed by atoms with Crippen molar-refractivity contribution >= 4 is 0 Å². The molecule has 48 heavy (non-hydrogen) atoms. The fourth-order valence-electron chi connectivity index (χ4n) is 12.1. The van der Waals surface area contributed by atoms with Crippen LogP contribution in [0.25, 0.3) is 0 Å². The molecule has 0 radical (unpaired) electrons. The van der Waals surface area contributed by atoms with Gasteiger partial charge in [0.15, 0.2) is 0 Å². The lowest BCUT2D eigenvalue weighted by Crippen LogP contribution is -2.55. The average Bonchev–Trinajstić information content (AvgIpc) is 3.44. The molecular weight excluding hydrogens is 583 g/mol. The van der Waals surface area contributed by atoms with E-state index in [9.17, 15) is 0 Å². The SMILES string of the molecule is CC(C)CCC[C@@H](C)[C@H]1CCC2C3CC[C@@H]4C[C@@H](NCCCCCCCCNCCCNCc5ccccc5)CC[C@]4(C)C3CC[C@@]21C. The van der Waals surface area contributed by atoms with Gasteiger partial charge >= 0.3 is 0 Å². The van der Waals surface area contributed by atoms with Crippen LogP contribution in [0.5, 0.6) is 0 Å². The fraction of sp³-hybridized carbons (Fsp3) is 0.867. The number of benzene rings is 1. The van der Waals surface area contributed by atoms with E-state index < -0.39 is 0 Å². The molecular formula is C45H79N3. The minimum Gasteiger partial charge on any atom is -0.317 e. The van der Waals surface area contributed by atoms with Gasteiger partial charge in [-0.2, -0.15) is 0 Å². The van der Waals surface area contributed by atoms with Gasteiger partial charge in [0.25, 0.3) is 0 Å². The van der Waals surface area contributed by atoms with Crippen LogP contribution in [0.3, 0.4) is 0 Å². The first-order valence-electron chi connectivity index (χ1n) is 21.5. The molecule has 4 aliphatic rings. The van der Waals surface area contributed by atoms with E-state index in [0.29, 0.717) is 10.8 Å².